The normalized spacial score (nSPS) is 16.8. The third-order valence-electron chi connectivity index (χ3n) is 5.48. The van der Waals surface area contributed by atoms with Gasteiger partial charge >= 0.3 is 0 Å². The maximum absolute atomic E-state index is 13.6. The van der Waals surface area contributed by atoms with Crippen LogP contribution in [0.5, 0.6) is 0 Å². The number of Topliss-reactive ketones (excluding diaryl/α,β-unsaturated/α-hetero) is 1. The summed E-state index contributed by atoms with van der Waals surface area (Å²) in [7, 11) is 0. The lowest BCUT2D eigenvalue weighted by atomic mass is 9.89. The van der Waals surface area contributed by atoms with Gasteiger partial charge in [-0.15, -0.1) is 11.3 Å². The number of ketones is 1. The van der Waals surface area contributed by atoms with Crippen LogP contribution in [0.2, 0.25) is 0 Å². The van der Waals surface area contributed by atoms with E-state index in [0.29, 0.717) is 16.8 Å². The van der Waals surface area contributed by atoms with Crippen molar-refractivity contribution in [2.45, 2.75) is 52.1 Å². The Hall–Kier alpha value is -1.92. The molecule has 1 aliphatic carbocycles. The van der Waals surface area contributed by atoms with Crippen LogP contribution in [-0.4, -0.2) is 21.1 Å². The number of hydrogen-bond acceptors (Lipinski definition) is 5. The molecule has 1 aliphatic rings. The minimum atomic E-state index is -0.410. The van der Waals surface area contributed by atoms with Crippen LogP contribution in [0.1, 0.15) is 44.6 Å². The monoisotopic (exact) mass is 426 g/mol. The van der Waals surface area contributed by atoms with Gasteiger partial charge in [-0.05, 0) is 42.9 Å². The minimum absolute atomic E-state index is 0.0149. The first kappa shape index (κ1) is 20.4. The Morgan fingerprint density at radius 1 is 1.28 bits per heavy atom. The Morgan fingerprint density at radius 2 is 2.00 bits per heavy atom. The van der Waals surface area contributed by atoms with Crippen LogP contribution < -0.4 is 5.56 Å². The van der Waals surface area contributed by atoms with E-state index >= 15 is 0 Å². The molecule has 0 saturated heterocycles. The molecule has 0 bridgehead atoms. The highest BCUT2D eigenvalue weighted by Gasteiger charge is 2.26. The Balaban J connectivity index is 1.87. The summed E-state index contributed by atoms with van der Waals surface area (Å²) in [6, 6.07) is 9.62. The van der Waals surface area contributed by atoms with Crippen molar-refractivity contribution in [1.82, 2.24) is 9.55 Å². The summed E-state index contributed by atoms with van der Waals surface area (Å²) in [6.07, 6.45) is 3.07. The van der Waals surface area contributed by atoms with Crippen LogP contribution >= 0.6 is 23.1 Å². The van der Waals surface area contributed by atoms with Crippen LogP contribution in [0, 0.1) is 11.3 Å². The molecule has 0 N–H and O–H groups in total. The Labute approximate surface area is 179 Å². The average Bonchev–Trinajstić information content (AvgIpc) is 3.03. The van der Waals surface area contributed by atoms with Crippen molar-refractivity contribution in [2.24, 2.45) is 11.3 Å². The zero-order chi connectivity index (χ0) is 20.8. The smallest absolute Gasteiger partial charge is 0.267 e. The van der Waals surface area contributed by atoms with Gasteiger partial charge in [-0.3, -0.25) is 14.2 Å². The van der Waals surface area contributed by atoms with Crippen LogP contribution in [0.15, 0.2) is 40.3 Å². The summed E-state index contributed by atoms with van der Waals surface area (Å²) in [4.78, 5) is 33.1. The number of aromatic nitrogens is 2. The van der Waals surface area contributed by atoms with Crippen molar-refractivity contribution < 1.29 is 4.79 Å². The topological polar surface area (TPSA) is 52.0 Å². The van der Waals surface area contributed by atoms with E-state index in [1.807, 2.05) is 51.1 Å². The van der Waals surface area contributed by atoms with E-state index in [1.54, 1.807) is 15.9 Å². The predicted molar refractivity (Wildman–Crippen MR) is 122 cm³/mol. The highest BCUT2D eigenvalue weighted by molar-refractivity contribution is 7.99. The van der Waals surface area contributed by atoms with Gasteiger partial charge in [0.15, 0.2) is 5.16 Å². The fraction of sp³-hybridized carbons (Fsp3) is 0.435. The lowest BCUT2D eigenvalue weighted by Gasteiger charge is -2.18. The van der Waals surface area contributed by atoms with Crippen LogP contribution in [-0.2, 0) is 17.6 Å². The van der Waals surface area contributed by atoms with Crippen molar-refractivity contribution in [1.29, 1.82) is 0 Å². The van der Waals surface area contributed by atoms with E-state index in [0.717, 1.165) is 35.2 Å². The largest absolute Gasteiger partial charge is 0.298 e. The lowest BCUT2D eigenvalue weighted by molar-refractivity contribution is -0.123. The van der Waals surface area contributed by atoms with E-state index in [2.05, 4.69) is 6.92 Å². The lowest BCUT2D eigenvalue weighted by Crippen LogP contribution is -2.25. The molecule has 4 nitrogen and oxygen atoms in total. The number of hydrogen-bond donors (Lipinski definition) is 0. The molecular weight excluding hydrogens is 400 g/mol. The molecule has 0 radical (unpaired) electrons. The average molecular weight is 427 g/mol. The number of benzene rings is 1. The quantitative estimate of drug-likeness (QED) is 0.421. The molecule has 152 valence electrons. The van der Waals surface area contributed by atoms with Gasteiger partial charge in [-0.1, -0.05) is 57.7 Å². The minimum Gasteiger partial charge on any atom is -0.298 e. The summed E-state index contributed by atoms with van der Waals surface area (Å²) >= 11 is 3.01. The van der Waals surface area contributed by atoms with Gasteiger partial charge in [0.05, 0.1) is 16.8 Å². The molecule has 0 saturated carbocycles. The Kier molecular flexibility index (Phi) is 5.42. The van der Waals surface area contributed by atoms with Gasteiger partial charge in [0, 0.05) is 10.3 Å². The summed E-state index contributed by atoms with van der Waals surface area (Å²) in [5.41, 5.74) is 1.56. The molecule has 0 amide bonds. The number of carbonyl (C=O) groups excluding carboxylic acids is 1. The molecule has 2 heterocycles. The molecule has 0 spiro atoms. The van der Waals surface area contributed by atoms with E-state index in [9.17, 15) is 9.59 Å². The molecule has 2 aromatic heterocycles. The van der Waals surface area contributed by atoms with Gasteiger partial charge in [0.2, 0.25) is 0 Å². The zero-order valence-corrected chi connectivity index (χ0v) is 19.0. The van der Waals surface area contributed by atoms with Crippen LogP contribution in [0.25, 0.3) is 15.9 Å². The van der Waals surface area contributed by atoms with Gasteiger partial charge < -0.3 is 0 Å². The van der Waals surface area contributed by atoms with E-state index in [1.165, 1.54) is 22.2 Å². The Bertz CT molecular complexity index is 1120. The van der Waals surface area contributed by atoms with Gasteiger partial charge in [0.25, 0.3) is 5.56 Å². The molecule has 1 aromatic carbocycles. The van der Waals surface area contributed by atoms with E-state index < -0.39 is 5.41 Å². The van der Waals surface area contributed by atoms with Crippen molar-refractivity contribution in [3.8, 4) is 5.69 Å². The maximum atomic E-state index is 13.6. The van der Waals surface area contributed by atoms with Crippen molar-refractivity contribution >= 4 is 39.1 Å². The molecule has 3 aromatic rings. The van der Waals surface area contributed by atoms with E-state index in [-0.39, 0.29) is 11.3 Å². The molecule has 0 fully saturated rings. The van der Waals surface area contributed by atoms with Gasteiger partial charge in [-0.25, -0.2) is 4.98 Å². The first-order valence-corrected chi connectivity index (χ1v) is 11.8. The fourth-order valence-corrected chi connectivity index (χ4v) is 6.22. The standard InChI is InChI=1S/C23H26N2O2S2/c1-14-10-11-16-17(12-14)29-20-19(16)21(27)25(15-8-6-5-7-9-15)22(24-20)28-13-18(26)23(2,3)4/h5-9,14H,10-13H2,1-4H3. The second kappa shape index (κ2) is 7.73. The second-order valence-corrected chi connectivity index (χ2v) is 10.9. The molecule has 0 aliphatic heterocycles. The third-order valence-corrected chi connectivity index (χ3v) is 7.57. The number of carbonyl (C=O) groups is 1. The summed E-state index contributed by atoms with van der Waals surface area (Å²) < 4.78 is 1.69. The predicted octanol–water partition coefficient (Wildman–Crippen LogP) is 5.28. The van der Waals surface area contributed by atoms with Crippen LogP contribution in [0.4, 0.5) is 0 Å². The number of rotatable bonds is 4. The molecule has 29 heavy (non-hydrogen) atoms. The highest BCUT2D eigenvalue weighted by atomic mass is 32.2. The van der Waals surface area contributed by atoms with Crippen molar-refractivity contribution in [3.63, 3.8) is 0 Å². The van der Waals surface area contributed by atoms with Crippen LogP contribution in [0.3, 0.4) is 0 Å². The molecule has 1 unspecified atom stereocenters. The summed E-state index contributed by atoms with van der Waals surface area (Å²) in [5, 5.41) is 1.37. The number of thiophene rings is 1. The van der Waals surface area contributed by atoms with Crippen molar-refractivity contribution in [2.75, 3.05) is 5.75 Å². The molecule has 1 atom stereocenters. The fourth-order valence-electron chi connectivity index (χ4n) is 3.62. The molecule has 4 rings (SSSR count). The number of para-hydroxylation sites is 1. The first-order valence-electron chi connectivity index (χ1n) is 10.0. The van der Waals surface area contributed by atoms with E-state index in [4.69, 9.17) is 4.98 Å². The van der Waals surface area contributed by atoms with Gasteiger partial charge in [-0.2, -0.15) is 0 Å². The SMILES string of the molecule is CC1CCc2c(sc3nc(SCC(=O)C(C)(C)C)n(-c4ccccc4)c(=O)c23)C1. The maximum Gasteiger partial charge on any atom is 0.267 e. The number of aryl methyl sites for hydroxylation is 1. The first-order chi connectivity index (χ1) is 13.8. The number of thioether (sulfide) groups is 1. The molecular formula is C23H26N2O2S2. The number of nitrogens with zero attached hydrogens (tertiary/aromatic N) is 2. The molecule has 6 heteroatoms. The Morgan fingerprint density at radius 3 is 2.69 bits per heavy atom. The van der Waals surface area contributed by atoms with Crippen molar-refractivity contribution in [3.05, 3.63) is 51.1 Å². The second-order valence-electron chi connectivity index (χ2n) is 8.86. The number of fused-ring (bicyclic) bond motifs is 3. The summed E-state index contributed by atoms with van der Waals surface area (Å²) in [6.45, 7) is 8.03. The highest BCUT2D eigenvalue weighted by Crippen LogP contribution is 2.37. The van der Waals surface area contributed by atoms with Gasteiger partial charge in [0.1, 0.15) is 10.6 Å². The zero-order valence-electron chi connectivity index (χ0n) is 17.3. The third kappa shape index (κ3) is 3.92. The summed E-state index contributed by atoms with van der Waals surface area (Å²) in [5.74, 6) is 1.09.